The maximum atomic E-state index is 4.65. The lowest BCUT2D eigenvalue weighted by Crippen LogP contribution is -2.08. The average molecular weight is 270 g/mol. The van der Waals surface area contributed by atoms with Crippen molar-refractivity contribution in [1.82, 2.24) is 15.0 Å². The Balaban J connectivity index is 2.48. The normalized spacial score (nSPS) is 10.7. The highest BCUT2D eigenvalue weighted by Gasteiger charge is 2.12. The number of hydrogen-bond acceptors (Lipinski definition) is 4. The zero-order valence-electron chi connectivity index (χ0n) is 12.9. The van der Waals surface area contributed by atoms with Gasteiger partial charge in [-0.05, 0) is 45.2 Å². The molecular weight excluding hydrogens is 248 g/mol. The molecule has 1 N–H and O–H groups in total. The molecule has 0 aliphatic rings. The van der Waals surface area contributed by atoms with Gasteiger partial charge in [-0.3, -0.25) is 4.98 Å². The summed E-state index contributed by atoms with van der Waals surface area (Å²) in [6.45, 7) is 11.2. The van der Waals surface area contributed by atoms with Gasteiger partial charge in [0, 0.05) is 24.0 Å². The zero-order valence-corrected chi connectivity index (χ0v) is 12.9. The Morgan fingerprint density at radius 2 is 1.85 bits per heavy atom. The third-order valence-electron chi connectivity index (χ3n) is 3.36. The van der Waals surface area contributed by atoms with Crippen molar-refractivity contribution in [3.05, 3.63) is 34.6 Å². The molecule has 2 aromatic rings. The Kier molecular flexibility index (Phi) is 4.32. The Labute approximate surface area is 120 Å². The molecular formula is C16H22N4. The summed E-state index contributed by atoms with van der Waals surface area (Å²) in [6.07, 6.45) is 2.93. The molecule has 0 spiro atoms. The number of pyridine rings is 1. The van der Waals surface area contributed by atoms with E-state index in [-0.39, 0.29) is 0 Å². The molecule has 4 nitrogen and oxygen atoms in total. The minimum Gasteiger partial charge on any atom is -0.370 e. The number of anilines is 1. The van der Waals surface area contributed by atoms with Gasteiger partial charge in [-0.25, -0.2) is 9.97 Å². The monoisotopic (exact) mass is 270 g/mol. The van der Waals surface area contributed by atoms with Gasteiger partial charge in [0.25, 0.3) is 0 Å². The first-order valence-electron chi connectivity index (χ1n) is 7.05. The quantitative estimate of drug-likeness (QED) is 0.922. The number of aromatic nitrogens is 3. The van der Waals surface area contributed by atoms with Gasteiger partial charge in [0.15, 0.2) is 5.82 Å². The first-order chi connectivity index (χ1) is 9.52. The van der Waals surface area contributed by atoms with E-state index in [0.29, 0.717) is 5.82 Å². The number of hydrogen-bond donors (Lipinski definition) is 1. The summed E-state index contributed by atoms with van der Waals surface area (Å²) in [5, 5.41) is 3.37. The predicted octanol–water partition coefficient (Wildman–Crippen LogP) is 3.59. The minimum absolute atomic E-state index is 0.698. The van der Waals surface area contributed by atoms with E-state index in [1.54, 1.807) is 0 Å². The second kappa shape index (κ2) is 5.99. The van der Waals surface area contributed by atoms with Gasteiger partial charge in [0.2, 0.25) is 0 Å². The van der Waals surface area contributed by atoms with E-state index >= 15 is 0 Å². The van der Waals surface area contributed by atoms with Crippen molar-refractivity contribution >= 4 is 5.82 Å². The van der Waals surface area contributed by atoms with E-state index in [1.807, 2.05) is 33.9 Å². The van der Waals surface area contributed by atoms with Gasteiger partial charge in [-0.15, -0.1) is 0 Å². The summed E-state index contributed by atoms with van der Waals surface area (Å²) in [5.74, 6) is 1.61. The summed E-state index contributed by atoms with van der Waals surface area (Å²) in [7, 11) is 0. The summed E-state index contributed by atoms with van der Waals surface area (Å²) < 4.78 is 0. The van der Waals surface area contributed by atoms with Crippen LogP contribution in [0.4, 0.5) is 5.82 Å². The van der Waals surface area contributed by atoms with Crippen LogP contribution in [0.5, 0.6) is 0 Å². The average Bonchev–Trinajstić information content (AvgIpc) is 2.40. The van der Waals surface area contributed by atoms with Gasteiger partial charge in [0.1, 0.15) is 11.5 Å². The number of nitrogens with one attached hydrogen (secondary N) is 1. The molecule has 0 aliphatic heterocycles. The van der Waals surface area contributed by atoms with Crippen LogP contribution in [0.3, 0.4) is 0 Å². The van der Waals surface area contributed by atoms with Crippen LogP contribution in [-0.4, -0.2) is 21.5 Å². The molecule has 2 rings (SSSR count). The van der Waals surface area contributed by atoms with Crippen LogP contribution in [0.15, 0.2) is 12.3 Å². The third-order valence-corrected chi connectivity index (χ3v) is 3.36. The number of nitrogens with zero attached hydrogens (tertiary/aromatic N) is 3. The van der Waals surface area contributed by atoms with E-state index in [1.165, 1.54) is 0 Å². The van der Waals surface area contributed by atoms with E-state index < -0.39 is 0 Å². The van der Waals surface area contributed by atoms with Crippen LogP contribution in [0, 0.1) is 27.7 Å². The highest BCUT2D eigenvalue weighted by Crippen LogP contribution is 2.23. The van der Waals surface area contributed by atoms with Gasteiger partial charge in [-0.2, -0.15) is 0 Å². The molecule has 0 aromatic carbocycles. The second-order valence-electron chi connectivity index (χ2n) is 5.21. The summed E-state index contributed by atoms with van der Waals surface area (Å²) >= 11 is 0. The predicted molar refractivity (Wildman–Crippen MR) is 83.0 cm³/mol. The lowest BCUT2D eigenvalue weighted by atomic mass is 10.1. The van der Waals surface area contributed by atoms with Gasteiger partial charge >= 0.3 is 0 Å². The molecule has 0 saturated heterocycles. The molecule has 0 bridgehead atoms. The van der Waals surface area contributed by atoms with Gasteiger partial charge < -0.3 is 5.32 Å². The molecule has 0 saturated carbocycles. The van der Waals surface area contributed by atoms with Gasteiger partial charge in [-0.1, -0.05) is 13.0 Å². The van der Waals surface area contributed by atoms with E-state index in [9.17, 15) is 0 Å². The fourth-order valence-electron chi connectivity index (χ4n) is 2.10. The van der Waals surface area contributed by atoms with Crippen molar-refractivity contribution in [3.63, 3.8) is 0 Å². The lowest BCUT2D eigenvalue weighted by Gasteiger charge is -2.12. The molecule has 0 atom stereocenters. The van der Waals surface area contributed by atoms with E-state index in [4.69, 9.17) is 0 Å². The molecule has 0 radical (unpaired) electrons. The van der Waals surface area contributed by atoms with Crippen molar-refractivity contribution < 1.29 is 0 Å². The number of aryl methyl sites for hydroxylation is 3. The maximum absolute atomic E-state index is 4.65. The summed E-state index contributed by atoms with van der Waals surface area (Å²) in [6, 6.07) is 2.11. The molecule has 0 aliphatic carbocycles. The largest absolute Gasteiger partial charge is 0.370 e. The zero-order chi connectivity index (χ0) is 14.7. The second-order valence-corrected chi connectivity index (χ2v) is 5.21. The topological polar surface area (TPSA) is 50.7 Å². The highest BCUT2D eigenvalue weighted by molar-refractivity contribution is 5.59. The third kappa shape index (κ3) is 2.95. The number of rotatable bonds is 4. The van der Waals surface area contributed by atoms with Crippen molar-refractivity contribution in [2.75, 3.05) is 11.9 Å². The first kappa shape index (κ1) is 14.4. The Bertz CT molecular complexity index is 620. The molecule has 0 unspecified atom stereocenters. The first-order valence-corrected chi connectivity index (χ1v) is 7.05. The molecule has 2 heterocycles. The smallest absolute Gasteiger partial charge is 0.180 e. The Hall–Kier alpha value is -1.97. The van der Waals surface area contributed by atoms with Crippen molar-refractivity contribution in [1.29, 1.82) is 0 Å². The molecule has 106 valence electrons. The lowest BCUT2D eigenvalue weighted by molar-refractivity contribution is 0.952. The molecule has 20 heavy (non-hydrogen) atoms. The van der Waals surface area contributed by atoms with Crippen LogP contribution in [0.1, 0.15) is 35.7 Å². The fourth-order valence-corrected chi connectivity index (χ4v) is 2.10. The van der Waals surface area contributed by atoms with Crippen LogP contribution in [-0.2, 0) is 0 Å². The molecule has 2 aromatic heterocycles. The minimum atomic E-state index is 0.698. The Morgan fingerprint density at radius 1 is 1.10 bits per heavy atom. The van der Waals surface area contributed by atoms with E-state index in [2.05, 4.69) is 33.3 Å². The molecule has 0 amide bonds. The SMILES string of the molecule is CCCNc1nc(-c2ncc(C)cc2C)nc(C)c1C. The fraction of sp³-hybridized carbons (Fsp3) is 0.438. The van der Waals surface area contributed by atoms with Crippen LogP contribution >= 0.6 is 0 Å². The summed E-state index contributed by atoms with van der Waals surface area (Å²) in [4.78, 5) is 13.7. The highest BCUT2D eigenvalue weighted by atomic mass is 15.0. The van der Waals surface area contributed by atoms with Crippen LogP contribution in [0.2, 0.25) is 0 Å². The standard InChI is InChI=1S/C16H22N4/c1-6-7-17-15-12(4)13(5)19-16(20-15)14-11(3)8-10(2)9-18-14/h8-9H,6-7H2,1-5H3,(H,17,19,20). The van der Waals surface area contributed by atoms with Crippen LogP contribution < -0.4 is 5.32 Å². The van der Waals surface area contributed by atoms with E-state index in [0.717, 1.165) is 46.9 Å². The van der Waals surface area contributed by atoms with Crippen molar-refractivity contribution in [3.8, 4) is 11.5 Å². The van der Waals surface area contributed by atoms with Crippen LogP contribution in [0.25, 0.3) is 11.5 Å². The summed E-state index contributed by atoms with van der Waals surface area (Å²) in [5.41, 5.74) is 5.22. The van der Waals surface area contributed by atoms with Crippen molar-refractivity contribution in [2.45, 2.75) is 41.0 Å². The van der Waals surface area contributed by atoms with Gasteiger partial charge in [0.05, 0.1) is 0 Å². The molecule has 4 heteroatoms. The maximum Gasteiger partial charge on any atom is 0.180 e. The van der Waals surface area contributed by atoms with Crippen molar-refractivity contribution in [2.24, 2.45) is 0 Å². The molecule has 0 fully saturated rings. The Morgan fingerprint density at radius 3 is 2.50 bits per heavy atom.